The van der Waals surface area contributed by atoms with E-state index in [0.717, 1.165) is 59.7 Å². The number of aromatic nitrogens is 2. The van der Waals surface area contributed by atoms with Crippen LogP contribution in [0.5, 0.6) is 11.5 Å². The van der Waals surface area contributed by atoms with Crippen LogP contribution in [0, 0.1) is 0 Å². The van der Waals surface area contributed by atoms with Crippen molar-refractivity contribution in [3.8, 4) is 22.6 Å². The maximum absolute atomic E-state index is 5.89. The van der Waals surface area contributed by atoms with Gasteiger partial charge in [-0.2, -0.15) is 0 Å². The quantitative estimate of drug-likeness (QED) is 0.515. The zero-order valence-corrected chi connectivity index (χ0v) is 17.5. The third kappa shape index (κ3) is 4.66. The highest BCUT2D eigenvalue weighted by molar-refractivity contribution is 5.84. The van der Waals surface area contributed by atoms with E-state index in [2.05, 4.69) is 62.7 Å². The highest BCUT2D eigenvalue weighted by Crippen LogP contribution is 2.27. The summed E-state index contributed by atoms with van der Waals surface area (Å²) < 4.78 is 5.89. The molecule has 156 valence electrons. The Kier molecular flexibility index (Phi) is 5.48. The van der Waals surface area contributed by atoms with Crippen LogP contribution in [-0.2, 0) is 0 Å². The van der Waals surface area contributed by atoms with Crippen molar-refractivity contribution in [2.75, 3.05) is 38.7 Å². The lowest BCUT2D eigenvalue weighted by Gasteiger charge is -2.32. The summed E-state index contributed by atoms with van der Waals surface area (Å²) in [5.41, 5.74) is 6.52. The standard InChI is InChI=1S/C25H25N5O/c1-29-13-15-30(16-14-29)28-25-26-18-21-17-20(9-12-24(21)27-25)19-7-10-23(11-8-19)31-22-5-3-2-4-6-22/h2-12,17-18H,13-16H2,1H3,(H,26,27,28). The van der Waals surface area contributed by atoms with Gasteiger partial charge in [0.2, 0.25) is 5.95 Å². The number of rotatable bonds is 5. The number of fused-ring (bicyclic) bond motifs is 1. The first-order valence-electron chi connectivity index (χ1n) is 10.5. The summed E-state index contributed by atoms with van der Waals surface area (Å²) in [6, 6.07) is 24.2. The van der Waals surface area contributed by atoms with Crippen molar-refractivity contribution in [1.82, 2.24) is 19.9 Å². The van der Waals surface area contributed by atoms with Crippen molar-refractivity contribution in [2.24, 2.45) is 0 Å². The van der Waals surface area contributed by atoms with Gasteiger partial charge in [-0.15, -0.1) is 0 Å². The van der Waals surface area contributed by atoms with Gasteiger partial charge in [0.25, 0.3) is 0 Å². The third-order valence-electron chi connectivity index (χ3n) is 5.51. The molecule has 1 saturated heterocycles. The number of benzene rings is 3. The van der Waals surface area contributed by atoms with E-state index in [4.69, 9.17) is 4.74 Å². The van der Waals surface area contributed by atoms with Gasteiger partial charge >= 0.3 is 0 Å². The van der Waals surface area contributed by atoms with Gasteiger partial charge in [0.1, 0.15) is 11.5 Å². The summed E-state index contributed by atoms with van der Waals surface area (Å²) in [7, 11) is 2.14. The van der Waals surface area contributed by atoms with E-state index in [1.165, 1.54) is 0 Å². The monoisotopic (exact) mass is 411 g/mol. The topological polar surface area (TPSA) is 53.5 Å². The molecule has 3 aromatic carbocycles. The first kappa shape index (κ1) is 19.5. The molecule has 0 saturated carbocycles. The van der Waals surface area contributed by atoms with E-state index in [-0.39, 0.29) is 0 Å². The number of piperazine rings is 1. The Morgan fingerprint density at radius 3 is 2.29 bits per heavy atom. The molecule has 6 heteroatoms. The van der Waals surface area contributed by atoms with E-state index < -0.39 is 0 Å². The number of ether oxygens (including phenoxy) is 1. The van der Waals surface area contributed by atoms with Crippen molar-refractivity contribution in [2.45, 2.75) is 0 Å². The number of nitrogens with one attached hydrogen (secondary N) is 1. The predicted molar refractivity (Wildman–Crippen MR) is 124 cm³/mol. The van der Waals surface area contributed by atoms with E-state index in [9.17, 15) is 0 Å². The summed E-state index contributed by atoms with van der Waals surface area (Å²) in [5.74, 6) is 2.30. The highest BCUT2D eigenvalue weighted by Gasteiger charge is 2.14. The molecule has 6 nitrogen and oxygen atoms in total. The molecule has 1 aliphatic heterocycles. The minimum Gasteiger partial charge on any atom is -0.457 e. The normalized spacial score (nSPS) is 15.1. The molecular formula is C25H25N5O. The molecule has 0 spiro atoms. The van der Waals surface area contributed by atoms with Crippen molar-refractivity contribution in [1.29, 1.82) is 0 Å². The van der Waals surface area contributed by atoms with Gasteiger partial charge in [0.15, 0.2) is 0 Å². The Morgan fingerprint density at radius 1 is 0.806 bits per heavy atom. The molecule has 1 N–H and O–H groups in total. The molecular weight excluding hydrogens is 386 g/mol. The summed E-state index contributed by atoms with van der Waals surface area (Å²) in [4.78, 5) is 11.5. The van der Waals surface area contributed by atoms with Crippen LogP contribution in [-0.4, -0.2) is 53.1 Å². The van der Waals surface area contributed by atoms with Crippen LogP contribution in [0.1, 0.15) is 0 Å². The number of para-hydroxylation sites is 1. The van der Waals surface area contributed by atoms with E-state index in [1.54, 1.807) is 0 Å². The minimum atomic E-state index is 0.646. The third-order valence-corrected chi connectivity index (χ3v) is 5.51. The molecule has 0 aliphatic carbocycles. The SMILES string of the molecule is CN1CCN(Nc2ncc3cc(-c4ccc(Oc5ccccc5)cc4)ccc3n2)CC1. The van der Waals surface area contributed by atoms with E-state index in [1.807, 2.05) is 48.7 Å². The maximum Gasteiger partial charge on any atom is 0.238 e. The second-order valence-electron chi connectivity index (χ2n) is 7.81. The molecule has 1 aromatic heterocycles. The fourth-order valence-corrected chi connectivity index (χ4v) is 3.67. The van der Waals surface area contributed by atoms with E-state index >= 15 is 0 Å². The molecule has 31 heavy (non-hydrogen) atoms. The fourth-order valence-electron chi connectivity index (χ4n) is 3.67. The maximum atomic E-state index is 5.89. The second-order valence-corrected chi connectivity index (χ2v) is 7.81. The number of hydrogen-bond donors (Lipinski definition) is 1. The molecule has 1 aliphatic rings. The first-order chi connectivity index (χ1) is 15.2. The lowest BCUT2D eigenvalue weighted by molar-refractivity contribution is 0.178. The van der Waals surface area contributed by atoms with Gasteiger partial charge in [-0.05, 0) is 54.6 Å². The Bertz CT molecular complexity index is 1160. The van der Waals surface area contributed by atoms with Gasteiger partial charge in [-0.25, -0.2) is 15.0 Å². The predicted octanol–water partition coefficient (Wildman–Crippen LogP) is 4.66. The fraction of sp³-hybridized carbons (Fsp3) is 0.200. The van der Waals surface area contributed by atoms with Crippen LogP contribution < -0.4 is 10.2 Å². The first-order valence-corrected chi connectivity index (χ1v) is 10.5. The average molecular weight is 412 g/mol. The van der Waals surface area contributed by atoms with Crippen LogP contribution in [0.4, 0.5) is 5.95 Å². The van der Waals surface area contributed by atoms with Gasteiger partial charge in [0.05, 0.1) is 5.52 Å². The molecule has 2 heterocycles. The molecule has 0 unspecified atom stereocenters. The minimum absolute atomic E-state index is 0.646. The summed E-state index contributed by atoms with van der Waals surface area (Å²) in [5, 5.41) is 3.19. The Morgan fingerprint density at radius 2 is 1.52 bits per heavy atom. The van der Waals surface area contributed by atoms with Gasteiger partial charge in [-0.1, -0.05) is 36.4 Å². The molecule has 0 atom stereocenters. The van der Waals surface area contributed by atoms with Crippen molar-refractivity contribution < 1.29 is 4.74 Å². The smallest absolute Gasteiger partial charge is 0.238 e. The molecule has 0 amide bonds. The highest BCUT2D eigenvalue weighted by atomic mass is 16.5. The Labute approximate surface area is 182 Å². The van der Waals surface area contributed by atoms with Crippen LogP contribution in [0.25, 0.3) is 22.0 Å². The van der Waals surface area contributed by atoms with Crippen molar-refractivity contribution in [3.63, 3.8) is 0 Å². The van der Waals surface area contributed by atoms with Gasteiger partial charge in [0, 0.05) is 37.8 Å². The summed E-state index contributed by atoms with van der Waals surface area (Å²) in [6.45, 7) is 4.00. The summed E-state index contributed by atoms with van der Waals surface area (Å²) >= 11 is 0. The zero-order valence-electron chi connectivity index (χ0n) is 17.5. The van der Waals surface area contributed by atoms with Crippen LogP contribution in [0.15, 0.2) is 79.0 Å². The molecule has 0 radical (unpaired) electrons. The number of hydrazine groups is 1. The van der Waals surface area contributed by atoms with Gasteiger partial charge in [-0.3, -0.25) is 5.43 Å². The molecule has 1 fully saturated rings. The van der Waals surface area contributed by atoms with E-state index in [0.29, 0.717) is 5.95 Å². The van der Waals surface area contributed by atoms with Crippen molar-refractivity contribution >= 4 is 16.9 Å². The largest absolute Gasteiger partial charge is 0.457 e. The number of nitrogens with zero attached hydrogens (tertiary/aromatic N) is 4. The number of likely N-dealkylation sites (N-methyl/N-ethyl adjacent to an activating group) is 1. The lowest BCUT2D eigenvalue weighted by Crippen LogP contribution is -2.47. The molecule has 0 bridgehead atoms. The molecule has 5 rings (SSSR count). The second kappa shape index (κ2) is 8.71. The van der Waals surface area contributed by atoms with Crippen LogP contribution >= 0.6 is 0 Å². The number of hydrogen-bond acceptors (Lipinski definition) is 6. The van der Waals surface area contributed by atoms with Gasteiger partial charge < -0.3 is 9.64 Å². The zero-order chi connectivity index (χ0) is 21.0. The number of anilines is 1. The van der Waals surface area contributed by atoms with Crippen LogP contribution in [0.3, 0.4) is 0 Å². The Hall–Kier alpha value is -3.48. The Balaban J connectivity index is 1.30. The lowest BCUT2D eigenvalue weighted by atomic mass is 10.0. The summed E-state index contributed by atoms with van der Waals surface area (Å²) in [6.07, 6.45) is 1.89. The molecule has 4 aromatic rings. The van der Waals surface area contributed by atoms with Crippen LogP contribution in [0.2, 0.25) is 0 Å². The van der Waals surface area contributed by atoms with Crippen molar-refractivity contribution in [3.05, 3.63) is 79.0 Å². The average Bonchev–Trinajstić information content (AvgIpc) is 2.81.